The summed E-state index contributed by atoms with van der Waals surface area (Å²) < 4.78 is 0. The van der Waals surface area contributed by atoms with Crippen LogP contribution in [0, 0.1) is 0 Å². The van der Waals surface area contributed by atoms with Crippen LogP contribution < -0.4 is 11.1 Å². The fourth-order valence-corrected chi connectivity index (χ4v) is 1.92. The lowest BCUT2D eigenvalue weighted by molar-refractivity contribution is -0.141. The highest BCUT2D eigenvalue weighted by Gasteiger charge is 2.39. The molecule has 0 aliphatic carbocycles. The quantitative estimate of drug-likeness (QED) is 0.486. The maximum atomic E-state index is 11.8. The van der Waals surface area contributed by atoms with Gasteiger partial charge in [0.25, 0.3) is 0 Å². The standard InChI is InChI=1S/C10H17N3O5/c1-5(2-8(11)15)12-10(18)13-4-6(14)3-7(13)9(16)17/h5-7,14H,2-4H2,1H3,(H2,11,15)(H,12,18)(H,16,17)/t5?,6-,7-/m1/s1. The highest BCUT2D eigenvalue weighted by atomic mass is 16.4. The highest BCUT2D eigenvalue weighted by Crippen LogP contribution is 2.18. The Morgan fingerprint density at radius 1 is 1.50 bits per heavy atom. The smallest absolute Gasteiger partial charge is 0.326 e. The van der Waals surface area contributed by atoms with Crippen LogP contribution in [0.15, 0.2) is 0 Å². The molecule has 8 heteroatoms. The number of carbonyl (C=O) groups is 3. The molecule has 1 heterocycles. The minimum absolute atomic E-state index is 0.00690. The zero-order chi connectivity index (χ0) is 13.9. The molecule has 0 bridgehead atoms. The van der Waals surface area contributed by atoms with Crippen LogP contribution in [-0.2, 0) is 9.59 Å². The van der Waals surface area contributed by atoms with Gasteiger partial charge in [-0.3, -0.25) is 4.79 Å². The van der Waals surface area contributed by atoms with E-state index in [1.165, 1.54) is 0 Å². The van der Waals surface area contributed by atoms with Crippen LogP contribution in [0.3, 0.4) is 0 Å². The van der Waals surface area contributed by atoms with E-state index in [4.69, 9.17) is 10.8 Å². The Hall–Kier alpha value is -1.83. The van der Waals surface area contributed by atoms with Crippen molar-refractivity contribution in [2.45, 2.75) is 38.0 Å². The third-order valence-electron chi connectivity index (χ3n) is 2.70. The number of carboxylic acids is 1. The first-order chi connectivity index (χ1) is 8.31. The molecule has 1 aliphatic heterocycles. The summed E-state index contributed by atoms with van der Waals surface area (Å²) in [6.45, 7) is 1.55. The van der Waals surface area contributed by atoms with Gasteiger partial charge in [-0.2, -0.15) is 0 Å². The van der Waals surface area contributed by atoms with E-state index >= 15 is 0 Å². The minimum Gasteiger partial charge on any atom is -0.480 e. The molecule has 0 saturated carbocycles. The Balaban J connectivity index is 2.60. The average molecular weight is 259 g/mol. The van der Waals surface area contributed by atoms with E-state index in [1.807, 2.05) is 0 Å². The van der Waals surface area contributed by atoms with Crippen molar-refractivity contribution in [1.29, 1.82) is 0 Å². The number of hydrogen-bond donors (Lipinski definition) is 4. The summed E-state index contributed by atoms with van der Waals surface area (Å²) in [6.07, 6.45) is -0.865. The number of amides is 3. The third kappa shape index (κ3) is 3.59. The number of β-amino-alcohol motifs (C(OH)–C–C–N with tert-alkyl or cyclic N) is 1. The molecular formula is C10H17N3O5. The zero-order valence-corrected chi connectivity index (χ0v) is 10.00. The van der Waals surface area contributed by atoms with Crippen molar-refractivity contribution >= 4 is 17.9 Å². The molecule has 0 aromatic rings. The number of hydrogen-bond acceptors (Lipinski definition) is 4. The molecule has 3 atom stereocenters. The van der Waals surface area contributed by atoms with Gasteiger partial charge in [-0.05, 0) is 6.92 Å². The molecule has 1 fully saturated rings. The summed E-state index contributed by atoms with van der Waals surface area (Å²) in [5, 5.41) is 20.8. The van der Waals surface area contributed by atoms with Crippen molar-refractivity contribution in [2.24, 2.45) is 5.73 Å². The SMILES string of the molecule is CC(CC(N)=O)NC(=O)N1C[C@H](O)C[C@@H]1C(=O)O. The van der Waals surface area contributed by atoms with Crippen LogP contribution in [0.25, 0.3) is 0 Å². The summed E-state index contributed by atoms with van der Waals surface area (Å²) in [5.41, 5.74) is 4.98. The van der Waals surface area contributed by atoms with Crippen molar-refractivity contribution in [2.75, 3.05) is 6.54 Å². The lowest BCUT2D eigenvalue weighted by Crippen LogP contribution is -2.49. The van der Waals surface area contributed by atoms with E-state index in [0.29, 0.717) is 0 Å². The molecule has 0 radical (unpaired) electrons. The van der Waals surface area contributed by atoms with Gasteiger partial charge in [0, 0.05) is 25.4 Å². The highest BCUT2D eigenvalue weighted by molar-refractivity contribution is 5.84. The number of carboxylic acid groups (broad SMARTS) is 1. The number of urea groups is 1. The monoisotopic (exact) mass is 259 g/mol. The molecule has 0 aromatic heterocycles. The maximum Gasteiger partial charge on any atom is 0.326 e. The van der Waals surface area contributed by atoms with E-state index in [9.17, 15) is 19.5 Å². The summed E-state index contributed by atoms with van der Waals surface area (Å²) in [7, 11) is 0. The Morgan fingerprint density at radius 2 is 2.11 bits per heavy atom. The van der Waals surface area contributed by atoms with Crippen molar-refractivity contribution in [3.63, 3.8) is 0 Å². The number of aliphatic hydroxyl groups excluding tert-OH is 1. The maximum absolute atomic E-state index is 11.8. The van der Waals surface area contributed by atoms with Crippen LogP contribution >= 0.6 is 0 Å². The first-order valence-corrected chi connectivity index (χ1v) is 5.57. The number of nitrogens with zero attached hydrogens (tertiary/aromatic N) is 1. The van der Waals surface area contributed by atoms with E-state index < -0.39 is 36.1 Å². The lowest BCUT2D eigenvalue weighted by atomic mass is 10.2. The first-order valence-electron chi connectivity index (χ1n) is 5.57. The Kier molecular flexibility index (Phi) is 4.49. The number of nitrogens with one attached hydrogen (secondary N) is 1. The predicted molar refractivity (Wildman–Crippen MR) is 60.6 cm³/mol. The summed E-state index contributed by atoms with van der Waals surface area (Å²) in [4.78, 5) is 34.4. The topological polar surface area (TPSA) is 133 Å². The second-order valence-electron chi connectivity index (χ2n) is 4.42. The Morgan fingerprint density at radius 3 is 2.61 bits per heavy atom. The molecule has 1 saturated heterocycles. The number of nitrogens with two attached hydrogens (primary N) is 1. The van der Waals surface area contributed by atoms with E-state index in [0.717, 1.165) is 4.90 Å². The lowest BCUT2D eigenvalue weighted by Gasteiger charge is -2.23. The molecule has 0 spiro atoms. The van der Waals surface area contributed by atoms with Gasteiger partial charge in [0.1, 0.15) is 6.04 Å². The Bertz CT molecular complexity index is 359. The first kappa shape index (κ1) is 14.2. The molecule has 1 unspecified atom stereocenters. The fourth-order valence-electron chi connectivity index (χ4n) is 1.92. The number of aliphatic carboxylic acids is 1. The van der Waals surface area contributed by atoms with Gasteiger partial charge in [0.2, 0.25) is 5.91 Å². The molecule has 5 N–H and O–H groups in total. The summed E-state index contributed by atoms with van der Waals surface area (Å²) >= 11 is 0. The van der Waals surface area contributed by atoms with Gasteiger partial charge in [-0.1, -0.05) is 0 Å². The van der Waals surface area contributed by atoms with Gasteiger partial charge >= 0.3 is 12.0 Å². The van der Waals surface area contributed by atoms with Crippen molar-refractivity contribution < 1.29 is 24.6 Å². The minimum atomic E-state index is -1.16. The molecule has 1 rings (SSSR count). The Labute approximate surface area is 104 Å². The van der Waals surface area contributed by atoms with Crippen LogP contribution in [0.4, 0.5) is 4.79 Å². The molecule has 3 amide bonds. The number of rotatable bonds is 4. The molecule has 102 valence electrons. The number of aliphatic hydroxyl groups is 1. The average Bonchev–Trinajstić information content (AvgIpc) is 2.58. The molecule has 8 nitrogen and oxygen atoms in total. The normalized spacial score (nSPS) is 24.7. The van der Waals surface area contributed by atoms with Crippen LogP contribution in [0.5, 0.6) is 0 Å². The van der Waals surface area contributed by atoms with Gasteiger partial charge in [-0.15, -0.1) is 0 Å². The van der Waals surface area contributed by atoms with Crippen molar-refractivity contribution in [3.8, 4) is 0 Å². The van der Waals surface area contributed by atoms with Crippen LogP contribution in [0.1, 0.15) is 19.8 Å². The van der Waals surface area contributed by atoms with E-state index in [-0.39, 0.29) is 19.4 Å². The zero-order valence-electron chi connectivity index (χ0n) is 10.00. The molecule has 1 aliphatic rings. The summed E-state index contributed by atoms with van der Waals surface area (Å²) in [6, 6.07) is -2.14. The predicted octanol–water partition coefficient (Wildman–Crippen LogP) is -1.52. The largest absolute Gasteiger partial charge is 0.480 e. The number of likely N-dealkylation sites (tertiary alicyclic amines) is 1. The van der Waals surface area contributed by atoms with E-state index in [1.54, 1.807) is 6.92 Å². The van der Waals surface area contributed by atoms with Gasteiger partial charge in [-0.25, -0.2) is 9.59 Å². The molecule has 0 aromatic carbocycles. The van der Waals surface area contributed by atoms with Crippen molar-refractivity contribution in [3.05, 3.63) is 0 Å². The summed E-state index contributed by atoms with van der Waals surface area (Å²) in [5.74, 6) is -1.72. The van der Waals surface area contributed by atoms with Gasteiger partial charge < -0.3 is 26.2 Å². The van der Waals surface area contributed by atoms with Crippen LogP contribution in [-0.4, -0.2) is 57.8 Å². The second kappa shape index (κ2) is 5.67. The second-order valence-corrected chi connectivity index (χ2v) is 4.42. The van der Waals surface area contributed by atoms with Gasteiger partial charge in [0.15, 0.2) is 0 Å². The third-order valence-corrected chi connectivity index (χ3v) is 2.70. The molecule has 18 heavy (non-hydrogen) atoms. The molecular weight excluding hydrogens is 242 g/mol. The van der Waals surface area contributed by atoms with Crippen LogP contribution in [0.2, 0.25) is 0 Å². The fraction of sp³-hybridized carbons (Fsp3) is 0.700. The van der Waals surface area contributed by atoms with E-state index in [2.05, 4.69) is 5.32 Å². The number of carbonyl (C=O) groups excluding carboxylic acids is 2. The van der Waals surface area contributed by atoms with Gasteiger partial charge in [0.05, 0.1) is 6.10 Å². The van der Waals surface area contributed by atoms with Crippen molar-refractivity contribution in [1.82, 2.24) is 10.2 Å². The number of primary amides is 1.